The number of anilines is 1. The number of hydrogen-bond acceptors (Lipinski definition) is 2. The topological polar surface area (TPSA) is 46.3 Å². The van der Waals surface area contributed by atoms with Crippen LogP contribution in [0.4, 0.5) is 5.69 Å². The van der Waals surface area contributed by atoms with Gasteiger partial charge in [-0.25, -0.2) is 0 Å². The zero-order chi connectivity index (χ0) is 11.0. The molecule has 2 N–H and O–H groups in total. The monoisotopic (exact) mass is 222 g/mol. The fourth-order valence-electron chi connectivity index (χ4n) is 1.76. The van der Waals surface area contributed by atoms with Crippen molar-refractivity contribution in [1.29, 1.82) is 0 Å². The van der Waals surface area contributed by atoms with Gasteiger partial charge in [-0.15, -0.1) is 6.58 Å². The van der Waals surface area contributed by atoms with Gasteiger partial charge < -0.3 is 10.6 Å². The van der Waals surface area contributed by atoms with Crippen LogP contribution in [0.1, 0.15) is 11.6 Å². The summed E-state index contributed by atoms with van der Waals surface area (Å²) in [5.41, 5.74) is 7.41. The minimum Gasteiger partial charge on any atom is -0.316 e. The van der Waals surface area contributed by atoms with Gasteiger partial charge in [-0.05, 0) is 18.2 Å². The van der Waals surface area contributed by atoms with Crippen LogP contribution < -0.4 is 10.6 Å². The normalized spacial score (nSPS) is 19.2. The van der Waals surface area contributed by atoms with E-state index in [1.807, 2.05) is 6.07 Å². The Morgan fingerprint density at radius 3 is 3.00 bits per heavy atom. The summed E-state index contributed by atoms with van der Waals surface area (Å²) in [5, 5.41) is 0.595. The van der Waals surface area contributed by atoms with E-state index in [0.29, 0.717) is 11.6 Å². The summed E-state index contributed by atoms with van der Waals surface area (Å²) in [7, 11) is 0. The molecule has 0 unspecified atom stereocenters. The first-order valence-corrected chi connectivity index (χ1v) is 5.00. The molecule has 0 radical (unpaired) electrons. The summed E-state index contributed by atoms with van der Waals surface area (Å²) in [6.07, 6.45) is 1.67. The average molecular weight is 223 g/mol. The second kappa shape index (κ2) is 3.68. The van der Waals surface area contributed by atoms with Crippen LogP contribution in [0.2, 0.25) is 5.02 Å². The lowest BCUT2D eigenvalue weighted by atomic mass is 10.1. The predicted octanol–water partition coefficient (Wildman–Crippen LogP) is 1.87. The molecule has 1 amide bonds. The van der Waals surface area contributed by atoms with Crippen LogP contribution in [0.25, 0.3) is 0 Å². The largest absolute Gasteiger partial charge is 0.316 e. The van der Waals surface area contributed by atoms with Crippen molar-refractivity contribution in [2.75, 3.05) is 11.4 Å². The molecule has 1 aromatic rings. The summed E-state index contributed by atoms with van der Waals surface area (Å²) in [6.45, 7) is 4.09. The number of rotatable bonds is 2. The van der Waals surface area contributed by atoms with Crippen LogP contribution in [-0.2, 0) is 4.79 Å². The molecule has 1 heterocycles. The van der Waals surface area contributed by atoms with Crippen LogP contribution >= 0.6 is 11.6 Å². The van der Waals surface area contributed by atoms with Gasteiger partial charge in [0.1, 0.15) is 6.04 Å². The third kappa shape index (κ3) is 1.54. The molecule has 78 valence electrons. The molecule has 15 heavy (non-hydrogen) atoms. The Morgan fingerprint density at radius 1 is 1.60 bits per heavy atom. The van der Waals surface area contributed by atoms with E-state index in [9.17, 15) is 4.79 Å². The van der Waals surface area contributed by atoms with Crippen molar-refractivity contribution in [2.45, 2.75) is 6.04 Å². The molecule has 1 atom stereocenters. The molecule has 0 aromatic heterocycles. The quantitative estimate of drug-likeness (QED) is 0.777. The first-order valence-electron chi connectivity index (χ1n) is 4.62. The van der Waals surface area contributed by atoms with Gasteiger partial charge in [0.05, 0.1) is 0 Å². The first kappa shape index (κ1) is 10.2. The van der Waals surface area contributed by atoms with Crippen LogP contribution in [0.5, 0.6) is 0 Å². The second-order valence-corrected chi connectivity index (χ2v) is 3.85. The Morgan fingerprint density at radius 2 is 2.33 bits per heavy atom. The minimum atomic E-state index is -0.598. The van der Waals surface area contributed by atoms with Crippen LogP contribution in [0.15, 0.2) is 30.9 Å². The van der Waals surface area contributed by atoms with E-state index >= 15 is 0 Å². The van der Waals surface area contributed by atoms with E-state index in [2.05, 4.69) is 6.58 Å². The number of hydrogen-bond donors (Lipinski definition) is 1. The Labute approximate surface area is 93.1 Å². The molecule has 1 aliphatic heterocycles. The van der Waals surface area contributed by atoms with Gasteiger partial charge >= 0.3 is 0 Å². The van der Waals surface area contributed by atoms with Gasteiger partial charge in [0.25, 0.3) is 0 Å². The van der Waals surface area contributed by atoms with Gasteiger partial charge in [0.15, 0.2) is 0 Å². The summed E-state index contributed by atoms with van der Waals surface area (Å²) >= 11 is 5.86. The summed E-state index contributed by atoms with van der Waals surface area (Å²) in [5.74, 6) is -0.104. The zero-order valence-corrected chi connectivity index (χ0v) is 8.87. The van der Waals surface area contributed by atoms with E-state index in [4.69, 9.17) is 17.3 Å². The lowest BCUT2D eigenvalue weighted by Gasteiger charge is -2.14. The fraction of sp³-hybridized carbons (Fsp3) is 0.182. The van der Waals surface area contributed by atoms with Crippen molar-refractivity contribution in [2.24, 2.45) is 5.73 Å². The number of carbonyl (C=O) groups is 1. The van der Waals surface area contributed by atoms with Gasteiger partial charge in [-0.3, -0.25) is 4.79 Å². The van der Waals surface area contributed by atoms with E-state index in [0.717, 1.165) is 11.3 Å². The predicted molar refractivity (Wildman–Crippen MR) is 60.9 cm³/mol. The lowest BCUT2D eigenvalue weighted by Crippen LogP contribution is -2.31. The molecule has 2 rings (SSSR count). The Kier molecular flexibility index (Phi) is 2.50. The molecule has 0 saturated carbocycles. The highest BCUT2D eigenvalue weighted by Crippen LogP contribution is 2.35. The molecule has 4 heteroatoms. The van der Waals surface area contributed by atoms with Crippen molar-refractivity contribution < 1.29 is 4.79 Å². The summed E-state index contributed by atoms with van der Waals surface area (Å²) < 4.78 is 0. The molecular formula is C11H11ClN2O. The number of fused-ring (bicyclic) bond motifs is 1. The number of nitrogens with two attached hydrogens (primary N) is 1. The Hall–Kier alpha value is -1.32. The maximum absolute atomic E-state index is 11.8. The van der Waals surface area contributed by atoms with Crippen molar-refractivity contribution in [3.05, 3.63) is 41.4 Å². The maximum Gasteiger partial charge on any atom is 0.248 e. The summed E-state index contributed by atoms with van der Waals surface area (Å²) in [6, 6.07) is 4.70. The number of amides is 1. The molecule has 1 aromatic carbocycles. The minimum absolute atomic E-state index is 0.104. The van der Waals surface area contributed by atoms with Crippen LogP contribution in [0, 0.1) is 0 Å². The van der Waals surface area contributed by atoms with Crippen molar-refractivity contribution in [3.63, 3.8) is 0 Å². The molecule has 0 spiro atoms. The highest BCUT2D eigenvalue weighted by molar-refractivity contribution is 6.31. The van der Waals surface area contributed by atoms with E-state index in [1.165, 1.54) is 0 Å². The highest BCUT2D eigenvalue weighted by atomic mass is 35.5. The van der Waals surface area contributed by atoms with Gasteiger partial charge in [0, 0.05) is 22.8 Å². The molecule has 1 aliphatic rings. The Balaban J connectivity index is 2.50. The molecule has 0 saturated heterocycles. The van der Waals surface area contributed by atoms with E-state index < -0.39 is 6.04 Å². The third-order valence-electron chi connectivity index (χ3n) is 2.46. The number of nitrogens with zero attached hydrogens (tertiary/aromatic N) is 1. The van der Waals surface area contributed by atoms with Gasteiger partial charge in [0.2, 0.25) is 5.91 Å². The lowest BCUT2D eigenvalue weighted by molar-refractivity contribution is -0.119. The summed E-state index contributed by atoms with van der Waals surface area (Å²) in [4.78, 5) is 13.4. The molecule has 0 bridgehead atoms. The van der Waals surface area contributed by atoms with Crippen molar-refractivity contribution in [1.82, 2.24) is 0 Å². The smallest absolute Gasteiger partial charge is 0.248 e. The fourth-order valence-corrected chi connectivity index (χ4v) is 1.94. The van der Waals surface area contributed by atoms with Crippen molar-refractivity contribution >= 4 is 23.2 Å². The van der Waals surface area contributed by atoms with Crippen molar-refractivity contribution in [3.8, 4) is 0 Å². The first-order chi connectivity index (χ1) is 7.15. The number of benzene rings is 1. The Bertz CT molecular complexity index is 431. The zero-order valence-electron chi connectivity index (χ0n) is 8.11. The SMILES string of the molecule is C=CCN1C(=O)[C@H](N)c2cc(Cl)ccc21. The highest BCUT2D eigenvalue weighted by Gasteiger charge is 2.33. The number of carbonyl (C=O) groups excluding carboxylic acids is 1. The molecular weight excluding hydrogens is 212 g/mol. The molecule has 3 nitrogen and oxygen atoms in total. The third-order valence-corrected chi connectivity index (χ3v) is 2.69. The molecule has 0 aliphatic carbocycles. The average Bonchev–Trinajstić information content (AvgIpc) is 2.44. The van der Waals surface area contributed by atoms with Gasteiger partial charge in [-0.2, -0.15) is 0 Å². The second-order valence-electron chi connectivity index (χ2n) is 3.42. The van der Waals surface area contributed by atoms with Gasteiger partial charge in [-0.1, -0.05) is 17.7 Å². The standard InChI is InChI=1S/C11H11ClN2O/c1-2-5-14-9-4-3-7(12)6-8(9)10(13)11(14)15/h2-4,6,10H,1,5,13H2/t10-/m1/s1. The molecule has 0 fully saturated rings. The van der Waals surface area contributed by atoms with E-state index in [-0.39, 0.29) is 5.91 Å². The van der Waals surface area contributed by atoms with Crippen LogP contribution in [-0.4, -0.2) is 12.5 Å². The van der Waals surface area contributed by atoms with E-state index in [1.54, 1.807) is 23.1 Å². The van der Waals surface area contributed by atoms with Crippen LogP contribution in [0.3, 0.4) is 0 Å². The number of halogens is 1. The maximum atomic E-state index is 11.8.